The van der Waals surface area contributed by atoms with Crippen LogP contribution in [0, 0.1) is 0 Å². The number of ether oxygens (including phenoxy) is 1. The van der Waals surface area contributed by atoms with Crippen LogP contribution in [0.5, 0.6) is 0 Å². The van der Waals surface area contributed by atoms with Crippen LogP contribution in [0.15, 0.2) is 11.6 Å². The number of halogens is 1. The minimum atomic E-state index is 0.326. The van der Waals surface area contributed by atoms with E-state index in [1.54, 1.807) is 11.3 Å². The molecule has 0 bridgehead atoms. The number of nitrogens with zero attached hydrogens (tertiary/aromatic N) is 3. The highest BCUT2D eigenvalue weighted by atomic mass is 35.5. The molecule has 4 nitrogen and oxygen atoms in total. The molecule has 1 aliphatic heterocycles. The van der Waals surface area contributed by atoms with E-state index < -0.39 is 0 Å². The lowest BCUT2D eigenvalue weighted by atomic mass is 10.1. The topological polar surface area (TPSA) is 29.8 Å². The van der Waals surface area contributed by atoms with Gasteiger partial charge in [0.25, 0.3) is 0 Å². The molecule has 1 saturated heterocycles. The van der Waals surface area contributed by atoms with E-state index in [-0.39, 0.29) is 0 Å². The average Bonchev–Trinajstić information content (AvgIpc) is 3.05. The van der Waals surface area contributed by atoms with Gasteiger partial charge in [0.15, 0.2) is 10.8 Å². The number of rotatable bonds is 5. The van der Waals surface area contributed by atoms with Crippen molar-refractivity contribution in [1.29, 1.82) is 0 Å². The molecule has 0 saturated carbocycles. The Morgan fingerprint density at radius 2 is 2.45 bits per heavy atom. The Morgan fingerprint density at radius 3 is 3.25 bits per heavy atom. The van der Waals surface area contributed by atoms with Gasteiger partial charge in [-0.1, -0.05) is 6.92 Å². The Morgan fingerprint density at radius 1 is 1.55 bits per heavy atom. The largest absolute Gasteiger partial charge is 0.376 e. The first-order valence-corrected chi connectivity index (χ1v) is 8.61. The van der Waals surface area contributed by atoms with Gasteiger partial charge >= 0.3 is 0 Å². The first-order chi connectivity index (χ1) is 9.83. The Kier molecular flexibility index (Phi) is 4.48. The molecule has 20 heavy (non-hydrogen) atoms. The van der Waals surface area contributed by atoms with Gasteiger partial charge in [-0.2, -0.15) is 0 Å². The van der Waals surface area contributed by atoms with Crippen molar-refractivity contribution in [3.8, 4) is 0 Å². The summed E-state index contributed by atoms with van der Waals surface area (Å²) in [7, 11) is 0. The zero-order valence-corrected chi connectivity index (χ0v) is 13.3. The number of alkyl halides is 1. The third-order valence-electron chi connectivity index (χ3n) is 3.70. The second kappa shape index (κ2) is 6.33. The van der Waals surface area contributed by atoms with Gasteiger partial charge in [-0.3, -0.25) is 4.40 Å². The van der Waals surface area contributed by atoms with Crippen LogP contribution < -0.4 is 4.90 Å². The number of aromatic nitrogens is 2. The monoisotopic (exact) mass is 313 g/mol. The molecule has 0 amide bonds. The molecular formula is C14H20ClN3OS. The average molecular weight is 314 g/mol. The zero-order chi connectivity index (χ0) is 13.9. The quantitative estimate of drug-likeness (QED) is 0.791. The molecule has 0 aromatic carbocycles. The highest BCUT2D eigenvalue weighted by molar-refractivity contribution is 7.15. The Balaban J connectivity index is 1.80. The molecule has 2 aromatic heterocycles. The molecule has 3 heterocycles. The van der Waals surface area contributed by atoms with Crippen molar-refractivity contribution in [2.24, 2.45) is 0 Å². The van der Waals surface area contributed by atoms with Crippen molar-refractivity contribution < 1.29 is 4.74 Å². The van der Waals surface area contributed by atoms with Crippen LogP contribution >= 0.6 is 22.9 Å². The van der Waals surface area contributed by atoms with Crippen molar-refractivity contribution >= 4 is 33.7 Å². The SMILES string of the molecule is CCCOC1CCCN(c2nc3sccn3c2CCl)C1. The van der Waals surface area contributed by atoms with Crippen LogP contribution in [-0.4, -0.2) is 35.2 Å². The second-order valence-corrected chi connectivity index (χ2v) is 6.29. The molecular weight excluding hydrogens is 294 g/mol. The minimum absolute atomic E-state index is 0.326. The van der Waals surface area contributed by atoms with Crippen LogP contribution in [0.4, 0.5) is 5.82 Å². The summed E-state index contributed by atoms with van der Waals surface area (Å²) < 4.78 is 8.01. The van der Waals surface area contributed by atoms with Crippen molar-refractivity contribution in [3.63, 3.8) is 0 Å². The molecule has 110 valence electrons. The summed E-state index contributed by atoms with van der Waals surface area (Å²) in [6, 6.07) is 0. The molecule has 3 rings (SSSR count). The Hall–Kier alpha value is -0.780. The molecule has 0 N–H and O–H groups in total. The Labute approximate surface area is 128 Å². The predicted octanol–water partition coefficient (Wildman–Crippen LogP) is 3.53. The fraction of sp³-hybridized carbons (Fsp3) is 0.643. The van der Waals surface area contributed by atoms with E-state index >= 15 is 0 Å². The summed E-state index contributed by atoms with van der Waals surface area (Å²) in [5.41, 5.74) is 1.10. The lowest BCUT2D eigenvalue weighted by molar-refractivity contribution is 0.0439. The third kappa shape index (κ3) is 2.67. The molecule has 1 fully saturated rings. The smallest absolute Gasteiger partial charge is 0.195 e. The van der Waals surface area contributed by atoms with E-state index in [1.807, 2.05) is 11.6 Å². The van der Waals surface area contributed by atoms with Crippen molar-refractivity contribution in [2.75, 3.05) is 24.6 Å². The summed E-state index contributed by atoms with van der Waals surface area (Å²) in [5.74, 6) is 1.53. The fourth-order valence-corrected chi connectivity index (χ4v) is 3.73. The summed E-state index contributed by atoms with van der Waals surface area (Å²) in [6.07, 6.45) is 5.75. The molecule has 0 aliphatic carbocycles. The van der Waals surface area contributed by atoms with Gasteiger partial charge in [0, 0.05) is 31.3 Å². The van der Waals surface area contributed by atoms with Gasteiger partial charge in [-0.15, -0.1) is 22.9 Å². The third-order valence-corrected chi connectivity index (χ3v) is 4.71. The molecule has 6 heteroatoms. The number of hydrogen-bond donors (Lipinski definition) is 0. The van der Waals surface area contributed by atoms with E-state index in [0.717, 1.165) is 55.4 Å². The maximum atomic E-state index is 6.13. The first kappa shape index (κ1) is 14.2. The Bertz CT molecular complexity index is 568. The molecule has 0 radical (unpaired) electrons. The van der Waals surface area contributed by atoms with Crippen LogP contribution in [0.2, 0.25) is 0 Å². The lowest BCUT2D eigenvalue weighted by Crippen LogP contribution is -2.40. The fourth-order valence-electron chi connectivity index (χ4n) is 2.75. The van der Waals surface area contributed by atoms with Gasteiger partial charge in [-0.05, 0) is 19.3 Å². The molecule has 1 aliphatic rings. The van der Waals surface area contributed by atoms with Crippen molar-refractivity contribution in [3.05, 3.63) is 17.3 Å². The molecule has 1 unspecified atom stereocenters. The van der Waals surface area contributed by atoms with Gasteiger partial charge in [-0.25, -0.2) is 4.98 Å². The molecule has 1 atom stereocenters. The number of piperidine rings is 1. The standard InChI is InChI=1S/C14H20ClN3OS/c1-2-7-19-11-4-3-5-17(10-11)13-12(9-15)18-6-8-20-14(18)16-13/h6,8,11H,2-5,7,9-10H2,1H3. The number of fused-ring (bicyclic) bond motifs is 1. The van der Waals surface area contributed by atoms with Crippen LogP contribution in [0.25, 0.3) is 4.96 Å². The van der Waals surface area contributed by atoms with Crippen LogP contribution in [-0.2, 0) is 10.6 Å². The van der Waals surface area contributed by atoms with E-state index in [0.29, 0.717) is 12.0 Å². The van der Waals surface area contributed by atoms with Crippen molar-refractivity contribution in [1.82, 2.24) is 9.38 Å². The van der Waals surface area contributed by atoms with Gasteiger partial charge in [0.1, 0.15) is 0 Å². The predicted molar refractivity (Wildman–Crippen MR) is 84.1 cm³/mol. The number of anilines is 1. The van der Waals surface area contributed by atoms with Gasteiger partial charge in [0.05, 0.1) is 17.7 Å². The highest BCUT2D eigenvalue weighted by Crippen LogP contribution is 2.28. The van der Waals surface area contributed by atoms with Crippen LogP contribution in [0.1, 0.15) is 31.9 Å². The van der Waals surface area contributed by atoms with E-state index in [1.165, 1.54) is 0 Å². The minimum Gasteiger partial charge on any atom is -0.376 e. The number of hydrogen-bond acceptors (Lipinski definition) is 4. The molecule has 0 spiro atoms. The lowest BCUT2D eigenvalue weighted by Gasteiger charge is -2.33. The van der Waals surface area contributed by atoms with E-state index in [4.69, 9.17) is 21.3 Å². The first-order valence-electron chi connectivity index (χ1n) is 7.20. The van der Waals surface area contributed by atoms with Gasteiger partial charge in [0.2, 0.25) is 0 Å². The number of thiazole rings is 1. The summed E-state index contributed by atoms with van der Waals surface area (Å²) >= 11 is 7.79. The molecule has 2 aromatic rings. The highest BCUT2D eigenvalue weighted by Gasteiger charge is 2.25. The number of imidazole rings is 1. The second-order valence-electron chi connectivity index (χ2n) is 5.15. The summed E-state index contributed by atoms with van der Waals surface area (Å²) in [4.78, 5) is 8.10. The van der Waals surface area contributed by atoms with Crippen molar-refractivity contribution in [2.45, 2.75) is 38.2 Å². The normalized spacial score (nSPS) is 19.9. The summed E-state index contributed by atoms with van der Waals surface area (Å²) in [6.45, 7) is 4.96. The zero-order valence-electron chi connectivity index (χ0n) is 11.7. The summed E-state index contributed by atoms with van der Waals surface area (Å²) in [5, 5.41) is 2.05. The van der Waals surface area contributed by atoms with Crippen LogP contribution in [0.3, 0.4) is 0 Å². The van der Waals surface area contributed by atoms with E-state index in [2.05, 4.69) is 16.2 Å². The van der Waals surface area contributed by atoms with Gasteiger partial charge < -0.3 is 9.64 Å². The maximum absolute atomic E-state index is 6.13. The van der Waals surface area contributed by atoms with E-state index in [9.17, 15) is 0 Å². The maximum Gasteiger partial charge on any atom is 0.195 e.